The SMILES string of the molecule is CC1(C(=O)O)CCN(Cc2nnc(-c3ccc(Br)s3)o2)C1. The Hall–Kier alpha value is -1.25. The molecule has 0 aliphatic carbocycles. The molecule has 2 aromatic heterocycles. The number of hydrogen-bond acceptors (Lipinski definition) is 6. The zero-order valence-corrected chi connectivity index (χ0v) is 13.8. The molecule has 0 amide bonds. The fraction of sp³-hybridized carbons (Fsp3) is 0.462. The number of carboxylic acid groups (broad SMARTS) is 1. The number of nitrogens with zero attached hydrogens (tertiary/aromatic N) is 3. The number of aliphatic carboxylic acids is 1. The summed E-state index contributed by atoms with van der Waals surface area (Å²) in [6.07, 6.45) is 0.640. The molecule has 0 bridgehead atoms. The normalized spacial score (nSPS) is 22.8. The summed E-state index contributed by atoms with van der Waals surface area (Å²) in [4.78, 5) is 14.2. The highest BCUT2D eigenvalue weighted by Crippen LogP contribution is 2.32. The van der Waals surface area contributed by atoms with Crippen LogP contribution in [0.3, 0.4) is 0 Å². The number of halogens is 1. The van der Waals surface area contributed by atoms with Crippen LogP contribution >= 0.6 is 27.3 Å². The zero-order valence-electron chi connectivity index (χ0n) is 11.4. The van der Waals surface area contributed by atoms with Gasteiger partial charge in [-0.05, 0) is 48.0 Å². The van der Waals surface area contributed by atoms with Crippen LogP contribution in [0.25, 0.3) is 10.8 Å². The highest BCUT2D eigenvalue weighted by atomic mass is 79.9. The molecular formula is C13H14BrN3O3S. The van der Waals surface area contributed by atoms with Crippen LogP contribution in [0.15, 0.2) is 20.3 Å². The summed E-state index contributed by atoms with van der Waals surface area (Å²) in [7, 11) is 0. The molecule has 0 spiro atoms. The molecule has 0 saturated carbocycles. The molecule has 1 N–H and O–H groups in total. The standard InChI is InChI=1S/C13H14BrN3O3S/c1-13(12(18)19)4-5-17(7-13)6-10-15-16-11(20-10)8-2-3-9(14)21-8/h2-3H,4-7H2,1H3,(H,18,19). The van der Waals surface area contributed by atoms with E-state index in [1.54, 1.807) is 6.92 Å². The fourth-order valence-corrected chi connectivity index (χ4v) is 3.71. The molecule has 1 aliphatic rings. The first-order valence-corrected chi connectivity index (χ1v) is 8.11. The highest BCUT2D eigenvalue weighted by molar-refractivity contribution is 9.11. The van der Waals surface area contributed by atoms with Gasteiger partial charge in [0.15, 0.2) is 0 Å². The van der Waals surface area contributed by atoms with E-state index in [1.807, 2.05) is 17.0 Å². The topological polar surface area (TPSA) is 79.5 Å². The summed E-state index contributed by atoms with van der Waals surface area (Å²) in [6, 6.07) is 3.85. The number of rotatable bonds is 4. The van der Waals surface area contributed by atoms with Crippen molar-refractivity contribution in [2.24, 2.45) is 5.41 Å². The maximum Gasteiger partial charge on any atom is 0.310 e. The molecule has 3 heterocycles. The summed E-state index contributed by atoms with van der Waals surface area (Å²) < 4.78 is 6.66. The van der Waals surface area contributed by atoms with E-state index in [-0.39, 0.29) is 0 Å². The van der Waals surface area contributed by atoms with Crippen molar-refractivity contribution in [1.29, 1.82) is 0 Å². The Morgan fingerprint density at radius 2 is 2.38 bits per heavy atom. The summed E-state index contributed by atoms with van der Waals surface area (Å²) in [5.41, 5.74) is -0.679. The molecule has 0 radical (unpaired) electrons. The van der Waals surface area contributed by atoms with E-state index >= 15 is 0 Å². The first-order chi connectivity index (χ1) is 9.96. The van der Waals surface area contributed by atoms with Crippen LogP contribution in [0.2, 0.25) is 0 Å². The summed E-state index contributed by atoms with van der Waals surface area (Å²) in [5, 5.41) is 17.3. The predicted octanol–water partition coefficient (Wildman–Crippen LogP) is 2.86. The van der Waals surface area contributed by atoms with E-state index < -0.39 is 11.4 Å². The van der Waals surface area contributed by atoms with Crippen molar-refractivity contribution in [1.82, 2.24) is 15.1 Å². The van der Waals surface area contributed by atoms with Crippen molar-refractivity contribution in [3.8, 4) is 10.8 Å². The zero-order chi connectivity index (χ0) is 15.0. The van der Waals surface area contributed by atoms with Gasteiger partial charge in [0.05, 0.1) is 20.6 Å². The molecule has 1 fully saturated rings. The number of aromatic nitrogens is 2. The average molecular weight is 372 g/mol. The second-order valence-corrected chi connectivity index (χ2v) is 7.89. The lowest BCUT2D eigenvalue weighted by molar-refractivity contribution is -0.147. The quantitative estimate of drug-likeness (QED) is 0.889. The molecule has 21 heavy (non-hydrogen) atoms. The minimum Gasteiger partial charge on any atom is -0.481 e. The lowest BCUT2D eigenvalue weighted by Crippen LogP contribution is -2.31. The van der Waals surface area contributed by atoms with Crippen LogP contribution in [-0.2, 0) is 11.3 Å². The van der Waals surface area contributed by atoms with Crippen LogP contribution < -0.4 is 0 Å². The van der Waals surface area contributed by atoms with E-state index in [0.29, 0.717) is 31.3 Å². The van der Waals surface area contributed by atoms with Gasteiger partial charge in [0.25, 0.3) is 5.89 Å². The maximum absolute atomic E-state index is 11.2. The van der Waals surface area contributed by atoms with Gasteiger partial charge in [-0.3, -0.25) is 9.69 Å². The molecule has 3 rings (SSSR count). The molecular weight excluding hydrogens is 358 g/mol. The van der Waals surface area contributed by atoms with Gasteiger partial charge in [-0.1, -0.05) is 0 Å². The van der Waals surface area contributed by atoms with Crippen LogP contribution in [0.1, 0.15) is 19.2 Å². The van der Waals surface area contributed by atoms with Crippen molar-refractivity contribution in [3.63, 3.8) is 0 Å². The Labute approximate surface area is 133 Å². The van der Waals surface area contributed by atoms with E-state index in [0.717, 1.165) is 15.2 Å². The second kappa shape index (κ2) is 5.51. The van der Waals surface area contributed by atoms with Gasteiger partial charge in [-0.25, -0.2) is 0 Å². The molecule has 1 saturated heterocycles. The van der Waals surface area contributed by atoms with Gasteiger partial charge in [-0.15, -0.1) is 21.5 Å². The van der Waals surface area contributed by atoms with Crippen LogP contribution in [0.4, 0.5) is 0 Å². The third kappa shape index (κ3) is 3.02. The molecule has 1 atom stereocenters. The van der Waals surface area contributed by atoms with Crippen molar-refractivity contribution < 1.29 is 14.3 Å². The van der Waals surface area contributed by atoms with Crippen LogP contribution in [0.5, 0.6) is 0 Å². The lowest BCUT2D eigenvalue weighted by Gasteiger charge is -2.18. The monoisotopic (exact) mass is 371 g/mol. The smallest absolute Gasteiger partial charge is 0.310 e. The Balaban J connectivity index is 1.67. The van der Waals surface area contributed by atoms with E-state index in [2.05, 4.69) is 26.1 Å². The number of likely N-dealkylation sites (tertiary alicyclic amines) is 1. The van der Waals surface area contributed by atoms with Gasteiger partial charge >= 0.3 is 5.97 Å². The first kappa shape index (κ1) is 14.7. The Bertz CT molecular complexity index is 671. The molecule has 0 aromatic carbocycles. The van der Waals surface area contributed by atoms with Crippen LogP contribution in [0, 0.1) is 5.41 Å². The van der Waals surface area contributed by atoms with E-state index in [4.69, 9.17) is 4.42 Å². The minimum atomic E-state index is -0.750. The van der Waals surface area contributed by atoms with Gasteiger partial charge in [0, 0.05) is 6.54 Å². The number of carboxylic acids is 1. The average Bonchev–Trinajstić information content (AvgIpc) is 3.11. The van der Waals surface area contributed by atoms with Crippen LogP contribution in [-0.4, -0.2) is 39.3 Å². The Morgan fingerprint density at radius 3 is 3.00 bits per heavy atom. The predicted molar refractivity (Wildman–Crippen MR) is 80.9 cm³/mol. The summed E-state index contributed by atoms with van der Waals surface area (Å²) >= 11 is 4.93. The van der Waals surface area contributed by atoms with Crippen molar-refractivity contribution in [3.05, 3.63) is 21.8 Å². The van der Waals surface area contributed by atoms with Crippen molar-refractivity contribution in [2.45, 2.75) is 19.9 Å². The van der Waals surface area contributed by atoms with Gasteiger partial charge in [0.2, 0.25) is 5.89 Å². The largest absolute Gasteiger partial charge is 0.481 e. The molecule has 112 valence electrons. The molecule has 6 nitrogen and oxygen atoms in total. The Morgan fingerprint density at radius 1 is 1.57 bits per heavy atom. The van der Waals surface area contributed by atoms with Gasteiger partial charge in [-0.2, -0.15) is 0 Å². The molecule has 1 unspecified atom stereocenters. The highest BCUT2D eigenvalue weighted by Gasteiger charge is 2.40. The summed E-state index contributed by atoms with van der Waals surface area (Å²) in [5.74, 6) is 0.268. The number of thiophene rings is 1. The molecule has 1 aliphatic heterocycles. The van der Waals surface area contributed by atoms with E-state index in [9.17, 15) is 9.90 Å². The number of hydrogen-bond donors (Lipinski definition) is 1. The van der Waals surface area contributed by atoms with Gasteiger partial charge in [0.1, 0.15) is 0 Å². The Kier molecular flexibility index (Phi) is 3.85. The second-order valence-electron chi connectivity index (χ2n) is 5.43. The van der Waals surface area contributed by atoms with Crippen molar-refractivity contribution >= 4 is 33.2 Å². The lowest BCUT2D eigenvalue weighted by atomic mass is 9.90. The minimum absolute atomic E-state index is 0.489. The van der Waals surface area contributed by atoms with Gasteiger partial charge < -0.3 is 9.52 Å². The first-order valence-electron chi connectivity index (χ1n) is 6.50. The summed E-state index contributed by atoms with van der Waals surface area (Å²) in [6.45, 7) is 3.50. The number of carbonyl (C=O) groups is 1. The fourth-order valence-electron chi connectivity index (χ4n) is 2.40. The van der Waals surface area contributed by atoms with Crippen molar-refractivity contribution in [2.75, 3.05) is 13.1 Å². The maximum atomic E-state index is 11.2. The van der Waals surface area contributed by atoms with E-state index in [1.165, 1.54) is 11.3 Å². The molecule has 8 heteroatoms. The third-order valence-electron chi connectivity index (χ3n) is 3.68. The third-order valence-corrected chi connectivity index (χ3v) is 5.29. The molecule has 2 aromatic rings.